The number of hydrogen-bond acceptors (Lipinski definition) is 13. The summed E-state index contributed by atoms with van der Waals surface area (Å²) in [4.78, 5) is 75.9. The number of carbonyl (C=O) groups excluding carboxylic acids is 5. The van der Waals surface area contributed by atoms with Crippen LogP contribution < -0.4 is 20.1 Å². The summed E-state index contributed by atoms with van der Waals surface area (Å²) in [6, 6.07) is 15.7. The first kappa shape index (κ1) is 46.7. The van der Waals surface area contributed by atoms with E-state index in [-0.39, 0.29) is 56.2 Å². The fraction of sp³-hybridized carbons (Fsp3) is 0.419. The Kier molecular flexibility index (Phi) is 17.4. The first-order valence-electron chi connectivity index (χ1n) is 19.4. The lowest BCUT2D eigenvalue weighted by atomic mass is 9.90. The number of nitro groups is 1. The lowest BCUT2D eigenvalue weighted by Crippen LogP contribution is -2.49. The predicted molar refractivity (Wildman–Crippen MR) is 218 cm³/mol. The van der Waals surface area contributed by atoms with E-state index in [0.29, 0.717) is 27.5 Å². The van der Waals surface area contributed by atoms with Crippen molar-refractivity contribution in [2.45, 2.75) is 84.3 Å². The van der Waals surface area contributed by atoms with Gasteiger partial charge in [-0.15, -0.1) is 0 Å². The van der Waals surface area contributed by atoms with Crippen LogP contribution >= 0.6 is 11.6 Å². The number of hydrogen-bond donors (Lipinski definition) is 3. The van der Waals surface area contributed by atoms with Crippen LogP contribution in [0.2, 0.25) is 5.02 Å². The second-order valence-corrected chi connectivity index (χ2v) is 15.3. The fourth-order valence-electron chi connectivity index (χ4n) is 6.09. The number of aliphatic hydroxyl groups is 1. The highest BCUT2D eigenvalue weighted by molar-refractivity contribution is 6.32. The number of nitro benzene ring substituents is 1. The number of esters is 2. The molecule has 6 atom stereocenters. The number of cyclic esters (lactones) is 2. The van der Waals surface area contributed by atoms with E-state index < -0.39 is 71.0 Å². The highest BCUT2D eigenvalue weighted by atomic mass is 35.5. The molecule has 0 radical (unpaired) electrons. The molecule has 0 fully saturated rings. The number of ether oxygens (including phenoxy) is 5. The van der Waals surface area contributed by atoms with E-state index in [2.05, 4.69) is 10.6 Å². The molecule has 1 aliphatic rings. The van der Waals surface area contributed by atoms with Gasteiger partial charge in [-0.25, -0.2) is 9.59 Å². The molecular formula is C43H50ClN3O13. The van der Waals surface area contributed by atoms with Crippen molar-refractivity contribution in [1.29, 1.82) is 0 Å². The zero-order chi connectivity index (χ0) is 43.9. The number of non-ortho nitro benzene ring substituents is 1. The summed E-state index contributed by atoms with van der Waals surface area (Å²) < 4.78 is 27.0. The van der Waals surface area contributed by atoms with Gasteiger partial charge < -0.3 is 39.4 Å². The zero-order valence-corrected chi connectivity index (χ0v) is 34.7. The molecule has 0 spiro atoms. The molecule has 0 aromatic heterocycles. The van der Waals surface area contributed by atoms with Gasteiger partial charge in [-0.05, 0) is 65.8 Å². The van der Waals surface area contributed by atoms with Crippen molar-refractivity contribution in [3.63, 3.8) is 0 Å². The van der Waals surface area contributed by atoms with Gasteiger partial charge in [0.05, 0.1) is 29.1 Å². The van der Waals surface area contributed by atoms with Crippen LogP contribution in [-0.2, 0) is 52.8 Å². The quantitative estimate of drug-likeness (QED) is 0.0608. The smallest absolute Gasteiger partial charge is 0.495 e. The molecule has 322 valence electrons. The number of nitrogens with one attached hydrogen (secondary N) is 2. The van der Waals surface area contributed by atoms with E-state index >= 15 is 0 Å². The van der Waals surface area contributed by atoms with Crippen LogP contribution in [0.4, 0.5) is 10.5 Å². The summed E-state index contributed by atoms with van der Waals surface area (Å²) >= 11 is 6.31. The van der Waals surface area contributed by atoms with E-state index in [0.717, 1.165) is 0 Å². The van der Waals surface area contributed by atoms with Crippen LogP contribution in [0.15, 0.2) is 78.9 Å². The molecule has 0 bridgehead atoms. The Morgan fingerprint density at radius 1 is 0.967 bits per heavy atom. The Bertz CT molecular complexity index is 2010. The van der Waals surface area contributed by atoms with Crippen molar-refractivity contribution in [2.75, 3.05) is 13.7 Å². The van der Waals surface area contributed by atoms with Gasteiger partial charge in [-0.2, -0.15) is 0 Å². The molecule has 3 aromatic carbocycles. The maximum absolute atomic E-state index is 13.6. The normalized spacial score (nSPS) is 20.7. The molecule has 0 saturated heterocycles. The molecule has 16 nitrogen and oxygen atoms in total. The number of rotatable bonds is 13. The van der Waals surface area contributed by atoms with Crippen LogP contribution in [0.3, 0.4) is 0 Å². The van der Waals surface area contributed by atoms with Crippen molar-refractivity contribution in [3.8, 4) is 11.5 Å². The van der Waals surface area contributed by atoms with Gasteiger partial charge in [0.25, 0.3) is 5.69 Å². The summed E-state index contributed by atoms with van der Waals surface area (Å²) in [5.74, 6) is -3.79. The average Bonchev–Trinajstić information content (AvgIpc) is 3.20. The van der Waals surface area contributed by atoms with Gasteiger partial charge in [0.15, 0.2) is 6.10 Å². The number of nitrogens with zero attached hydrogens (tertiary/aromatic N) is 1. The monoisotopic (exact) mass is 851 g/mol. The maximum atomic E-state index is 13.6. The summed E-state index contributed by atoms with van der Waals surface area (Å²) in [7, 11) is 1.48. The summed E-state index contributed by atoms with van der Waals surface area (Å²) in [5.41, 5.74) is 1.81. The lowest BCUT2D eigenvalue weighted by molar-refractivity contribution is -0.384. The van der Waals surface area contributed by atoms with Crippen molar-refractivity contribution in [2.24, 2.45) is 17.8 Å². The van der Waals surface area contributed by atoms with Crippen molar-refractivity contribution < 1.29 is 57.7 Å². The third kappa shape index (κ3) is 14.4. The van der Waals surface area contributed by atoms with E-state index in [9.17, 15) is 39.2 Å². The number of aliphatic hydroxyl groups excluding tert-OH is 1. The Balaban J connectivity index is 1.47. The number of methoxy groups -OCH3 is 1. The molecule has 1 aliphatic heterocycles. The van der Waals surface area contributed by atoms with Gasteiger partial charge in [-0.3, -0.25) is 24.5 Å². The van der Waals surface area contributed by atoms with Gasteiger partial charge in [0, 0.05) is 37.4 Å². The Morgan fingerprint density at radius 3 is 2.27 bits per heavy atom. The minimum atomic E-state index is -1.27. The molecule has 0 saturated carbocycles. The van der Waals surface area contributed by atoms with Crippen LogP contribution in [-0.4, -0.2) is 77.9 Å². The number of amides is 2. The Morgan fingerprint density at radius 2 is 1.63 bits per heavy atom. The molecule has 60 heavy (non-hydrogen) atoms. The minimum absolute atomic E-state index is 0.00661. The minimum Gasteiger partial charge on any atom is -0.495 e. The topological polar surface area (TPSA) is 219 Å². The number of carbonyl (C=O) groups is 5. The standard InChI is InChI=1S/C43H50ClN3O13/c1-25(2)19-38-42(52)59-36(27(4)35(48)22-28-9-11-29(12-10-28)24-57-43(53)58-32-16-14-31(15-17-32)47(54)55)7-6-8-39(49)46-34(40(50)45-23-26(3)41(51)60-38)21-30-13-18-37(56-5)33(44)20-30/h6,8-18,20,25-27,34-36,38,48H,7,19,21-24H2,1-5H3,(H,45,50)(H,46,49)/b8-6+/t26-,27-,34-,35-,36+,38+/m1/s1. The Labute approximate surface area is 352 Å². The molecule has 0 unspecified atom stereocenters. The third-order valence-electron chi connectivity index (χ3n) is 9.65. The molecule has 3 N–H and O–H groups in total. The Hall–Kier alpha value is -6.00. The summed E-state index contributed by atoms with van der Waals surface area (Å²) in [5, 5.41) is 28.0. The van der Waals surface area contributed by atoms with Gasteiger partial charge in [0.2, 0.25) is 11.8 Å². The molecule has 3 aromatic rings. The highest BCUT2D eigenvalue weighted by Gasteiger charge is 2.34. The number of halogens is 1. The van der Waals surface area contributed by atoms with Crippen molar-refractivity contribution >= 4 is 47.2 Å². The predicted octanol–water partition coefficient (Wildman–Crippen LogP) is 5.82. The third-order valence-corrected chi connectivity index (χ3v) is 9.95. The first-order chi connectivity index (χ1) is 28.5. The summed E-state index contributed by atoms with van der Waals surface area (Å²) in [6.45, 7) is 6.68. The van der Waals surface area contributed by atoms with E-state index in [1.807, 2.05) is 13.8 Å². The molecule has 17 heteroatoms. The van der Waals surface area contributed by atoms with Crippen LogP contribution in [0.25, 0.3) is 0 Å². The average molecular weight is 852 g/mol. The molecule has 1 heterocycles. The highest BCUT2D eigenvalue weighted by Crippen LogP contribution is 2.26. The van der Waals surface area contributed by atoms with E-state index in [4.69, 9.17) is 35.3 Å². The first-order valence-corrected chi connectivity index (χ1v) is 19.7. The second-order valence-electron chi connectivity index (χ2n) is 14.9. The second kappa shape index (κ2) is 22.4. The molecule has 0 aliphatic carbocycles. The molecule has 4 rings (SSSR count). The summed E-state index contributed by atoms with van der Waals surface area (Å²) in [6.07, 6.45) is -1.23. The number of benzene rings is 3. The van der Waals surface area contributed by atoms with E-state index in [1.165, 1.54) is 43.5 Å². The van der Waals surface area contributed by atoms with Crippen LogP contribution in [0.1, 0.15) is 57.2 Å². The molecular weight excluding hydrogens is 802 g/mol. The van der Waals surface area contributed by atoms with Gasteiger partial charge in [0.1, 0.15) is 30.3 Å². The fourth-order valence-corrected chi connectivity index (χ4v) is 6.37. The van der Waals surface area contributed by atoms with Crippen LogP contribution in [0, 0.1) is 27.9 Å². The zero-order valence-electron chi connectivity index (χ0n) is 34.0. The lowest BCUT2D eigenvalue weighted by Gasteiger charge is -2.29. The van der Waals surface area contributed by atoms with Crippen LogP contribution in [0.5, 0.6) is 11.5 Å². The van der Waals surface area contributed by atoms with E-state index in [1.54, 1.807) is 56.3 Å². The molecule has 2 amide bonds. The van der Waals surface area contributed by atoms with Gasteiger partial charge in [-0.1, -0.05) is 75.7 Å². The van der Waals surface area contributed by atoms with Crippen molar-refractivity contribution in [3.05, 3.63) is 111 Å². The maximum Gasteiger partial charge on any atom is 0.514 e. The van der Waals surface area contributed by atoms with Gasteiger partial charge >= 0.3 is 18.1 Å². The van der Waals surface area contributed by atoms with Crippen molar-refractivity contribution in [1.82, 2.24) is 10.6 Å². The SMILES string of the molecule is COc1ccc(C[C@H]2NC(=O)/C=C/C[C@@H]([C@H](C)[C@H](O)Cc3ccc(COC(=O)Oc4ccc([N+](=O)[O-])cc4)cc3)OC(=O)[C@H](CC(C)C)OC(=O)[C@H](C)CNC2=O)cc1Cl. The largest absolute Gasteiger partial charge is 0.514 e.